The van der Waals surface area contributed by atoms with Crippen molar-refractivity contribution < 1.29 is 0 Å². The number of thiazole rings is 1. The van der Waals surface area contributed by atoms with E-state index in [1.165, 1.54) is 24.1 Å². The molecule has 18 heavy (non-hydrogen) atoms. The third kappa shape index (κ3) is 4.72. The molecule has 0 unspecified atom stereocenters. The minimum Gasteiger partial charge on any atom is -0.370 e. The van der Waals surface area contributed by atoms with E-state index in [4.69, 9.17) is 5.73 Å². The number of aryl methyl sites for hydroxylation is 1. The third-order valence-electron chi connectivity index (χ3n) is 2.95. The summed E-state index contributed by atoms with van der Waals surface area (Å²) in [5.74, 6) is 0.706. The van der Waals surface area contributed by atoms with Gasteiger partial charge in [0, 0.05) is 37.1 Å². The summed E-state index contributed by atoms with van der Waals surface area (Å²) in [4.78, 5) is 12.2. The maximum absolute atomic E-state index is 5.98. The Balaban J connectivity index is 0.00000162. The van der Waals surface area contributed by atoms with Gasteiger partial charge in [-0.25, -0.2) is 4.98 Å². The van der Waals surface area contributed by atoms with Crippen molar-refractivity contribution in [2.24, 2.45) is 10.7 Å². The van der Waals surface area contributed by atoms with Gasteiger partial charge >= 0.3 is 0 Å². The van der Waals surface area contributed by atoms with Gasteiger partial charge in [-0.15, -0.1) is 35.3 Å². The van der Waals surface area contributed by atoms with E-state index in [1.54, 1.807) is 11.3 Å². The molecule has 6 heteroatoms. The summed E-state index contributed by atoms with van der Waals surface area (Å²) in [6, 6.07) is 0. The smallest absolute Gasteiger partial charge is 0.191 e. The van der Waals surface area contributed by atoms with E-state index in [0.717, 1.165) is 31.1 Å². The molecule has 0 aliphatic carbocycles. The lowest BCUT2D eigenvalue weighted by Crippen LogP contribution is -2.41. The first kappa shape index (κ1) is 15.7. The highest BCUT2D eigenvalue weighted by molar-refractivity contribution is 14.0. The summed E-state index contributed by atoms with van der Waals surface area (Å²) in [6.07, 6.45) is 6.61. The molecule has 2 rings (SSSR count). The molecular weight excluding hydrogens is 359 g/mol. The molecule has 0 spiro atoms. The number of rotatable bonds is 3. The number of halogens is 1. The zero-order valence-corrected chi connectivity index (χ0v) is 13.9. The van der Waals surface area contributed by atoms with Gasteiger partial charge in [0.05, 0.1) is 5.01 Å². The van der Waals surface area contributed by atoms with Gasteiger partial charge in [-0.1, -0.05) is 0 Å². The Labute approximate surface area is 130 Å². The van der Waals surface area contributed by atoms with Gasteiger partial charge in [-0.05, 0) is 26.2 Å². The topological polar surface area (TPSA) is 54.5 Å². The normalized spacial score (nSPS) is 16.5. The van der Waals surface area contributed by atoms with Crippen molar-refractivity contribution in [2.75, 3.05) is 19.6 Å². The van der Waals surface area contributed by atoms with Gasteiger partial charge < -0.3 is 10.6 Å². The summed E-state index contributed by atoms with van der Waals surface area (Å²) in [6.45, 7) is 4.94. The van der Waals surface area contributed by atoms with Crippen molar-refractivity contribution in [3.8, 4) is 0 Å². The first-order valence-corrected chi connectivity index (χ1v) is 7.03. The highest BCUT2D eigenvalue weighted by Gasteiger charge is 2.11. The van der Waals surface area contributed by atoms with Crippen LogP contribution in [0.5, 0.6) is 0 Å². The molecular formula is C12H21IN4S. The number of aliphatic imine (C=N–C) groups is 1. The molecule has 0 saturated carbocycles. The zero-order chi connectivity index (χ0) is 12.1. The summed E-state index contributed by atoms with van der Waals surface area (Å²) in [7, 11) is 0. The Morgan fingerprint density at radius 2 is 2.17 bits per heavy atom. The van der Waals surface area contributed by atoms with E-state index in [0.29, 0.717) is 5.96 Å². The van der Waals surface area contributed by atoms with Gasteiger partial charge in [0.1, 0.15) is 0 Å². The highest BCUT2D eigenvalue weighted by atomic mass is 127. The van der Waals surface area contributed by atoms with Crippen LogP contribution in [0.15, 0.2) is 11.2 Å². The average molecular weight is 380 g/mol. The number of aromatic nitrogens is 1. The predicted molar refractivity (Wildman–Crippen MR) is 87.9 cm³/mol. The van der Waals surface area contributed by atoms with Gasteiger partial charge in [-0.3, -0.25) is 4.99 Å². The Bertz CT molecular complexity index is 385. The van der Waals surface area contributed by atoms with Crippen LogP contribution in [0.4, 0.5) is 0 Å². The molecule has 1 aromatic heterocycles. The third-order valence-corrected chi connectivity index (χ3v) is 3.92. The van der Waals surface area contributed by atoms with Crippen LogP contribution in [0, 0.1) is 6.92 Å². The van der Waals surface area contributed by atoms with Crippen LogP contribution < -0.4 is 5.73 Å². The second-order valence-electron chi connectivity index (χ2n) is 4.40. The van der Waals surface area contributed by atoms with Crippen molar-refractivity contribution in [3.05, 3.63) is 16.1 Å². The maximum Gasteiger partial charge on any atom is 0.191 e. The van der Waals surface area contributed by atoms with Gasteiger partial charge in [0.2, 0.25) is 0 Å². The van der Waals surface area contributed by atoms with E-state index >= 15 is 0 Å². The molecule has 1 fully saturated rings. The predicted octanol–water partition coefficient (Wildman–Crippen LogP) is 2.41. The minimum atomic E-state index is 0. The molecule has 0 aromatic carbocycles. The van der Waals surface area contributed by atoms with E-state index in [1.807, 2.05) is 6.20 Å². The van der Waals surface area contributed by atoms with Gasteiger partial charge in [0.15, 0.2) is 5.96 Å². The fourth-order valence-corrected chi connectivity index (χ4v) is 2.78. The van der Waals surface area contributed by atoms with Crippen LogP contribution in [0.2, 0.25) is 0 Å². The molecule has 0 amide bonds. The van der Waals surface area contributed by atoms with E-state index in [-0.39, 0.29) is 24.0 Å². The Kier molecular flexibility index (Phi) is 6.91. The molecule has 2 heterocycles. The Morgan fingerprint density at radius 1 is 1.44 bits per heavy atom. The van der Waals surface area contributed by atoms with E-state index in [2.05, 4.69) is 21.8 Å². The van der Waals surface area contributed by atoms with Crippen molar-refractivity contribution >= 4 is 41.3 Å². The summed E-state index contributed by atoms with van der Waals surface area (Å²) >= 11 is 1.74. The second kappa shape index (κ2) is 7.93. The Morgan fingerprint density at radius 3 is 2.78 bits per heavy atom. The number of likely N-dealkylation sites (tertiary alicyclic amines) is 1. The molecule has 102 valence electrons. The van der Waals surface area contributed by atoms with Gasteiger partial charge in [0.25, 0.3) is 0 Å². The summed E-state index contributed by atoms with van der Waals surface area (Å²) < 4.78 is 0. The first-order chi connectivity index (χ1) is 8.25. The van der Waals surface area contributed by atoms with Crippen LogP contribution in [0.1, 0.15) is 29.1 Å². The van der Waals surface area contributed by atoms with Crippen molar-refractivity contribution in [3.63, 3.8) is 0 Å². The largest absolute Gasteiger partial charge is 0.370 e. The fourth-order valence-electron chi connectivity index (χ4n) is 2.01. The molecule has 0 radical (unpaired) electrons. The van der Waals surface area contributed by atoms with Gasteiger partial charge in [-0.2, -0.15) is 0 Å². The number of piperidine rings is 1. The SMILES string of the molecule is Cc1cnc(CCN=C(N)N2CCCCC2)s1.I. The first-order valence-electron chi connectivity index (χ1n) is 6.22. The van der Waals surface area contributed by atoms with Crippen LogP contribution in [-0.2, 0) is 6.42 Å². The molecule has 4 nitrogen and oxygen atoms in total. The maximum atomic E-state index is 5.98. The molecule has 1 aromatic rings. The minimum absolute atomic E-state index is 0. The van der Waals surface area contributed by atoms with Crippen molar-refractivity contribution in [2.45, 2.75) is 32.6 Å². The zero-order valence-electron chi connectivity index (χ0n) is 10.8. The lowest BCUT2D eigenvalue weighted by Gasteiger charge is -2.27. The average Bonchev–Trinajstić information content (AvgIpc) is 2.76. The standard InChI is InChI=1S/C12H20N4S.HI/c1-10-9-15-11(17-10)5-6-14-12(13)16-7-3-2-4-8-16;/h9H,2-8H2,1H3,(H2,13,14);1H. The summed E-state index contributed by atoms with van der Waals surface area (Å²) in [5, 5.41) is 1.15. The fraction of sp³-hybridized carbons (Fsp3) is 0.667. The van der Waals surface area contributed by atoms with Crippen LogP contribution >= 0.6 is 35.3 Å². The monoisotopic (exact) mass is 380 g/mol. The van der Waals surface area contributed by atoms with Crippen LogP contribution in [0.25, 0.3) is 0 Å². The van der Waals surface area contributed by atoms with Crippen LogP contribution in [0.3, 0.4) is 0 Å². The molecule has 0 bridgehead atoms. The van der Waals surface area contributed by atoms with Crippen molar-refractivity contribution in [1.29, 1.82) is 0 Å². The number of nitrogens with two attached hydrogens (primary N) is 1. The molecule has 0 atom stereocenters. The molecule has 2 N–H and O–H groups in total. The van der Waals surface area contributed by atoms with E-state index < -0.39 is 0 Å². The number of nitrogens with zero attached hydrogens (tertiary/aromatic N) is 3. The number of hydrogen-bond donors (Lipinski definition) is 1. The lowest BCUT2D eigenvalue weighted by atomic mass is 10.1. The number of guanidine groups is 1. The summed E-state index contributed by atoms with van der Waals surface area (Å²) in [5.41, 5.74) is 5.98. The van der Waals surface area contributed by atoms with Crippen molar-refractivity contribution in [1.82, 2.24) is 9.88 Å². The highest BCUT2D eigenvalue weighted by Crippen LogP contribution is 2.12. The Hall–Kier alpha value is -0.370. The van der Waals surface area contributed by atoms with E-state index in [9.17, 15) is 0 Å². The van der Waals surface area contributed by atoms with Crippen LogP contribution in [-0.4, -0.2) is 35.5 Å². The second-order valence-corrected chi connectivity index (χ2v) is 5.72. The quantitative estimate of drug-likeness (QED) is 0.498. The molecule has 1 saturated heterocycles. The lowest BCUT2D eigenvalue weighted by molar-refractivity contribution is 0.338. The molecule has 1 aliphatic rings. The molecule has 1 aliphatic heterocycles. The number of hydrogen-bond acceptors (Lipinski definition) is 3.